The van der Waals surface area contributed by atoms with E-state index in [1.165, 1.54) is 6.07 Å². The van der Waals surface area contributed by atoms with E-state index in [-0.39, 0.29) is 22.9 Å². The maximum Gasteiger partial charge on any atom is 0.177 e. The van der Waals surface area contributed by atoms with Crippen molar-refractivity contribution in [3.05, 3.63) is 23.5 Å². The van der Waals surface area contributed by atoms with Crippen molar-refractivity contribution in [2.24, 2.45) is 0 Å². The lowest BCUT2D eigenvalue weighted by Gasteiger charge is -2.04. The molecule has 74 valence electrons. The van der Waals surface area contributed by atoms with Crippen LogP contribution in [0.1, 0.15) is 25.3 Å². The molecule has 0 aliphatic rings. The Morgan fingerprint density at radius 2 is 2.14 bits per heavy atom. The van der Waals surface area contributed by atoms with Crippen LogP contribution < -0.4 is 5.73 Å². The average molecular weight is 194 g/mol. The first-order valence-corrected chi connectivity index (χ1v) is 4.44. The van der Waals surface area contributed by atoms with E-state index >= 15 is 0 Å². The zero-order valence-electron chi connectivity index (χ0n) is 8.04. The minimum absolute atomic E-state index is 0.111. The zero-order valence-corrected chi connectivity index (χ0v) is 8.04. The van der Waals surface area contributed by atoms with E-state index in [9.17, 15) is 4.39 Å². The quantitative estimate of drug-likeness (QED) is 0.759. The number of fused-ring (bicyclic) bond motifs is 1. The lowest BCUT2D eigenvalue weighted by molar-refractivity contribution is 0.456. The fourth-order valence-electron chi connectivity index (χ4n) is 1.51. The Hall–Kier alpha value is -1.58. The Morgan fingerprint density at radius 3 is 2.79 bits per heavy atom. The fraction of sp³-hybridized carbons (Fsp3) is 0.300. The number of anilines is 1. The highest BCUT2D eigenvalue weighted by Crippen LogP contribution is 2.30. The third-order valence-corrected chi connectivity index (χ3v) is 2.25. The standard InChI is InChI=1S/C10H11FN2O/c1-5(2)6-3-4-7(11)8-9(6)14-13-10(8)12/h3-5H,1-2H3,(H2,12,13). The zero-order chi connectivity index (χ0) is 10.3. The minimum Gasteiger partial charge on any atom is -0.380 e. The molecule has 0 aliphatic heterocycles. The molecule has 0 amide bonds. The van der Waals surface area contributed by atoms with Gasteiger partial charge in [0.05, 0.1) is 0 Å². The van der Waals surface area contributed by atoms with Gasteiger partial charge < -0.3 is 10.3 Å². The molecule has 2 N–H and O–H groups in total. The molecule has 0 saturated heterocycles. The molecule has 2 aromatic rings. The van der Waals surface area contributed by atoms with E-state index in [4.69, 9.17) is 10.3 Å². The molecule has 0 spiro atoms. The van der Waals surface area contributed by atoms with Gasteiger partial charge in [-0.05, 0) is 12.0 Å². The molecule has 0 unspecified atom stereocenters. The van der Waals surface area contributed by atoms with Crippen molar-refractivity contribution in [1.82, 2.24) is 5.16 Å². The van der Waals surface area contributed by atoms with Gasteiger partial charge in [-0.25, -0.2) is 4.39 Å². The molecular weight excluding hydrogens is 183 g/mol. The number of nitrogens with two attached hydrogens (primary N) is 1. The Labute approximate surface area is 80.7 Å². The number of benzene rings is 1. The van der Waals surface area contributed by atoms with Crippen LogP contribution in [0.25, 0.3) is 11.0 Å². The van der Waals surface area contributed by atoms with Crippen molar-refractivity contribution in [1.29, 1.82) is 0 Å². The molecule has 1 heterocycles. The summed E-state index contributed by atoms with van der Waals surface area (Å²) in [6.07, 6.45) is 0. The number of hydrogen-bond donors (Lipinski definition) is 1. The predicted molar refractivity (Wildman–Crippen MR) is 52.5 cm³/mol. The lowest BCUT2D eigenvalue weighted by atomic mass is 10.0. The molecule has 1 aromatic carbocycles. The molecule has 3 nitrogen and oxygen atoms in total. The molecule has 0 radical (unpaired) electrons. The number of nitrogens with zero attached hydrogens (tertiary/aromatic N) is 1. The first kappa shape index (κ1) is 8.99. The largest absolute Gasteiger partial charge is 0.380 e. The van der Waals surface area contributed by atoms with E-state index in [0.717, 1.165) is 5.56 Å². The van der Waals surface area contributed by atoms with Crippen LogP contribution in [0, 0.1) is 5.82 Å². The van der Waals surface area contributed by atoms with Gasteiger partial charge in [-0.15, -0.1) is 0 Å². The van der Waals surface area contributed by atoms with Crippen molar-refractivity contribution < 1.29 is 8.91 Å². The summed E-state index contributed by atoms with van der Waals surface area (Å²) in [4.78, 5) is 0. The van der Waals surface area contributed by atoms with Crippen molar-refractivity contribution in [3.63, 3.8) is 0 Å². The molecule has 0 bridgehead atoms. The van der Waals surface area contributed by atoms with Crippen LogP contribution in [-0.2, 0) is 0 Å². The molecule has 4 heteroatoms. The third kappa shape index (κ3) is 1.14. The van der Waals surface area contributed by atoms with E-state index in [1.807, 2.05) is 13.8 Å². The maximum absolute atomic E-state index is 13.3. The van der Waals surface area contributed by atoms with Crippen molar-refractivity contribution in [2.75, 3.05) is 5.73 Å². The lowest BCUT2D eigenvalue weighted by Crippen LogP contribution is -1.91. The molecular formula is C10H11FN2O. The highest BCUT2D eigenvalue weighted by molar-refractivity contribution is 5.89. The molecule has 2 rings (SSSR count). The second-order valence-corrected chi connectivity index (χ2v) is 3.56. The van der Waals surface area contributed by atoms with Gasteiger partial charge in [0.15, 0.2) is 11.4 Å². The van der Waals surface area contributed by atoms with Crippen molar-refractivity contribution >= 4 is 16.8 Å². The number of rotatable bonds is 1. The summed E-state index contributed by atoms with van der Waals surface area (Å²) in [5.74, 6) is -0.0198. The summed E-state index contributed by atoms with van der Waals surface area (Å²) in [7, 11) is 0. The second-order valence-electron chi connectivity index (χ2n) is 3.56. The van der Waals surface area contributed by atoms with Crippen LogP contribution in [0.3, 0.4) is 0 Å². The third-order valence-electron chi connectivity index (χ3n) is 2.25. The highest BCUT2D eigenvalue weighted by Gasteiger charge is 2.15. The van der Waals surface area contributed by atoms with E-state index in [1.54, 1.807) is 6.07 Å². The van der Waals surface area contributed by atoms with E-state index in [0.29, 0.717) is 5.58 Å². The molecule has 0 saturated carbocycles. The average Bonchev–Trinajstić information content (AvgIpc) is 2.49. The highest BCUT2D eigenvalue weighted by atomic mass is 19.1. The summed E-state index contributed by atoms with van der Waals surface area (Å²) in [6.45, 7) is 4.01. The van der Waals surface area contributed by atoms with Gasteiger partial charge in [0.1, 0.15) is 11.2 Å². The summed E-state index contributed by atoms with van der Waals surface area (Å²) in [6, 6.07) is 3.10. The number of nitrogen functional groups attached to an aromatic ring is 1. The Bertz CT molecular complexity index is 476. The van der Waals surface area contributed by atoms with Gasteiger partial charge in [0, 0.05) is 5.56 Å². The van der Waals surface area contributed by atoms with Crippen LogP contribution in [0.4, 0.5) is 10.2 Å². The predicted octanol–water partition coefficient (Wildman–Crippen LogP) is 2.67. The van der Waals surface area contributed by atoms with Gasteiger partial charge in [0.25, 0.3) is 0 Å². The smallest absolute Gasteiger partial charge is 0.177 e. The van der Waals surface area contributed by atoms with Crippen LogP contribution in [0.2, 0.25) is 0 Å². The molecule has 0 atom stereocenters. The minimum atomic E-state index is -0.386. The van der Waals surface area contributed by atoms with E-state index in [2.05, 4.69) is 5.16 Å². The Morgan fingerprint density at radius 1 is 1.43 bits per heavy atom. The van der Waals surface area contributed by atoms with Crippen LogP contribution in [0.5, 0.6) is 0 Å². The topological polar surface area (TPSA) is 52.0 Å². The second kappa shape index (κ2) is 2.97. The number of hydrogen-bond acceptors (Lipinski definition) is 3. The Kier molecular flexibility index (Phi) is 1.91. The summed E-state index contributed by atoms with van der Waals surface area (Å²) < 4.78 is 18.4. The normalized spacial score (nSPS) is 11.4. The molecule has 14 heavy (non-hydrogen) atoms. The maximum atomic E-state index is 13.3. The SMILES string of the molecule is CC(C)c1ccc(F)c2c(N)noc12. The molecule has 0 aliphatic carbocycles. The summed E-state index contributed by atoms with van der Waals surface area (Å²) >= 11 is 0. The van der Waals surface area contributed by atoms with Crippen LogP contribution in [-0.4, -0.2) is 5.16 Å². The number of aromatic nitrogens is 1. The Balaban J connectivity index is 2.83. The van der Waals surface area contributed by atoms with Gasteiger partial charge >= 0.3 is 0 Å². The summed E-state index contributed by atoms with van der Waals surface area (Å²) in [5.41, 5.74) is 6.88. The van der Waals surface area contributed by atoms with Crippen molar-refractivity contribution in [2.45, 2.75) is 19.8 Å². The van der Waals surface area contributed by atoms with Crippen molar-refractivity contribution in [3.8, 4) is 0 Å². The molecule has 1 aromatic heterocycles. The first-order chi connectivity index (χ1) is 6.61. The van der Waals surface area contributed by atoms with Gasteiger partial charge in [-0.3, -0.25) is 0 Å². The van der Waals surface area contributed by atoms with Gasteiger partial charge in [-0.2, -0.15) is 0 Å². The fourth-order valence-corrected chi connectivity index (χ4v) is 1.51. The van der Waals surface area contributed by atoms with Gasteiger partial charge in [-0.1, -0.05) is 25.1 Å². The monoisotopic (exact) mass is 194 g/mol. The van der Waals surface area contributed by atoms with Crippen LogP contribution in [0.15, 0.2) is 16.7 Å². The van der Waals surface area contributed by atoms with E-state index < -0.39 is 0 Å². The summed E-state index contributed by atoms with van der Waals surface area (Å²) in [5, 5.41) is 3.85. The van der Waals surface area contributed by atoms with Crippen LogP contribution >= 0.6 is 0 Å². The molecule has 0 fully saturated rings. The first-order valence-electron chi connectivity index (χ1n) is 4.44. The van der Waals surface area contributed by atoms with Gasteiger partial charge in [0.2, 0.25) is 0 Å². The number of halogens is 1.